The lowest BCUT2D eigenvalue weighted by molar-refractivity contribution is 1.04. The molecule has 0 fully saturated rings. The Hall–Kier alpha value is -3.81. The second-order valence-electron chi connectivity index (χ2n) is 8.40. The van der Waals surface area contributed by atoms with Crippen LogP contribution in [0.5, 0.6) is 0 Å². The summed E-state index contributed by atoms with van der Waals surface area (Å²) in [5, 5.41) is 2.00. The summed E-state index contributed by atoms with van der Waals surface area (Å²) in [5.41, 5.74) is 9.64. The Morgan fingerprint density at radius 2 is 1.30 bits per heavy atom. The quantitative estimate of drug-likeness (QED) is 0.287. The SMILES string of the molecule is Clc1ccc(C2=CC(c3ccccc3)=C[C@@H](c3ccccc3)c3c2[nH]c2ccccc32)cc1. The molecule has 1 aromatic heterocycles. The Kier molecular flexibility index (Phi) is 4.97. The number of rotatable bonds is 3. The molecule has 4 aromatic carbocycles. The number of H-pyrrole nitrogens is 1. The second-order valence-corrected chi connectivity index (χ2v) is 8.84. The molecule has 1 N–H and O–H groups in total. The zero-order chi connectivity index (χ0) is 22.2. The minimum atomic E-state index is 0.119. The number of aromatic amines is 1. The number of nitrogens with one attached hydrogen (secondary N) is 1. The second kappa shape index (κ2) is 8.27. The molecule has 1 atom stereocenters. The highest BCUT2D eigenvalue weighted by molar-refractivity contribution is 6.30. The van der Waals surface area contributed by atoms with Crippen molar-refractivity contribution >= 4 is 33.7 Å². The summed E-state index contributed by atoms with van der Waals surface area (Å²) in [4.78, 5) is 3.76. The molecule has 0 aliphatic heterocycles. The number of halogens is 1. The molecule has 6 rings (SSSR count). The van der Waals surface area contributed by atoms with Crippen LogP contribution in [0.2, 0.25) is 5.02 Å². The average molecular weight is 444 g/mol. The number of allylic oxidation sites excluding steroid dienone is 3. The van der Waals surface area contributed by atoms with Crippen molar-refractivity contribution in [1.82, 2.24) is 4.98 Å². The largest absolute Gasteiger partial charge is 0.354 e. The maximum Gasteiger partial charge on any atom is 0.0513 e. The van der Waals surface area contributed by atoms with Crippen LogP contribution in [0.25, 0.3) is 22.0 Å². The minimum absolute atomic E-state index is 0.119. The zero-order valence-corrected chi connectivity index (χ0v) is 18.8. The fraction of sp³-hybridized carbons (Fsp3) is 0.0323. The molecular formula is C31H22ClN. The molecular weight excluding hydrogens is 422 g/mol. The van der Waals surface area contributed by atoms with Gasteiger partial charge in [-0.25, -0.2) is 0 Å². The van der Waals surface area contributed by atoms with E-state index in [0.717, 1.165) is 21.8 Å². The van der Waals surface area contributed by atoms with Crippen molar-refractivity contribution in [2.75, 3.05) is 0 Å². The van der Waals surface area contributed by atoms with Crippen molar-refractivity contribution in [3.05, 3.63) is 154 Å². The van der Waals surface area contributed by atoms with Crippen molar-refractivity contribution in [3.8, 4) is 0 Å². The summed E-state index contributed by atoms with van der Waals surface area (Å²) < 4.78 is 0. The molecule has 0 amide bonds. The van der Waals surface area contributed by atoms with Gasteiger partial charge in [-0.05, 0) is 52.1 Å². The first-order chi connectivity index (χ1) is 16.3. The van der Waals surface area contributed by atoms with Gasteiger partial charge in [0.15, 0.2) is 0 Å². The van der Waals surface area contributed by atoms with E-state index < -0.39 is 0 Å². The zero-order valence-electron chi connectivity index (χ0n) is 18.0. The van der Waals surface area contributed by atoms with Crippen molar-refractivity contribution in [3.63, 3.8) is 0 Å². The predicted octanol–water partition coefficient (Wildman–Crippen LogP) is 8.48. The number of benzene rings is 4. The summed E-state index contributed by atoms with van der Waals surface area (Å²) in [6.07, 6.45) is 4.72. The molecule has 0 unspecified atom stereocenters. The van der Waals surface area contributed by atoms with E-state index in [-0.39, 0.29) is 5.92 Å². The number of hydrogen-bond acceptors (Lipinski definition) is 0. The van der Waals surface area contributed by atoms with Crippen LogP contribution < -0.4 is 0 Å². The Morgan fingerprint density at radius 1 is 0.636 bits per heavy atom. The Balaban J connectivity index is 1.68. The van der Waals surface area contributed by atoms with Gasteiger partial charge < -0.3 is 4.98 Å². The first kappa shape index (κ1) is 19.8. The van der Waals surface area contributed by atoms with E-state index in [1.54, 1.807) is 0 Å². The maximum absolute atomic E-state index is 6.24. The molecule has 0 bridgehead atoms. The van der Waals surface area contributed by atoms with Gasteiger partial charge in [-0.15, -0.1) is 0 Å². The van der Waals surface area contributed by atoms with Gasteiger partial charge in [-0.1, -0.05) is 109 Å². The molecule has 0 spiro atoms. The van der Waals surface area contributed by atoms with E-state index in [0.29, 0.717) is 0 Å². The van der Waals surface area contributed by atoms with Crippen LogP contribution in [0.3, 0.4) is 0 Å². The molecule has 0 radical (unpaired) electrons. The summed E-state index contributed by atoms with van der Waals surface area (Å²) in [5.74, 6) is 0.119. The summed E-state index contributed by atoms with van der Waals surface area (Å²) in [6, 6.07) is 38.1. The summed E-state index contributed by atoms with van der Waals surface area (Å²) in [7, 11) is 0. The van der Waals surface area contributed by atoms with Crippen LogP contribution in [0, 0.1) is 0 Å². The Morgan fingerprint density at radius 3 is 2.06 bits per heavy atom. The van der Waals surface area contributed by atoms with Gasteiger partial charge in [0.2, 0.25) is 0 Å². The molecule has 33 heavy (non-hydrogen) atoms. The predicted molar refractivity (Wildman–Crippen MR) is 140 cm³/mol. The highest BCUT2D eigenvalue weighted by atomic mass is 35.5. The van der Waals surface area contributed by atoms with Crippen LogP contribution in [0.15, 0.2) is 121 Å². The highest BCUT2D eigenvalue weighted by Gasteiger charge is 2.26. The van der Waals surface area contributed by atoms with E-state index in [1.807, 2.05) is 12.1 Å². The molecule has 158 valence electrons. The lowest BCUT2D eigenvalue weighted by Crippen LogP contribution is -2.00. The minimum Gasteiger partial charge on any atom is -0.354 e. The summed E-state index contributed by atoms with van der Waals surface area (Å²) in [6.45, 7) is 0. The van der Waals surface area contributed by atoms with Crippen molar-refractivity contribution in [2.45, 2.75) is 5.92 Å². The molecule has 1 aliphatic rings. The molecule has 1 heterocycles. The van der Waals surface area contributed by atoms with Crippen LogP contribution in [-0.4, -0.2) is 4.98 Å². The van der Waals surface area contributed by atoms with E-state index in [9.17, 15) is 0 Å². The number of hydrogen-bond donors (Lipinski definition) is 1. The van der Waals surface area contributed by atoms with E-state index in [2.05, 4.69) is 114 Å². The van der Waals surface area contributed by atoms with Gasteiger partial charge >= 0.3 is 0 Å². The van der Waals surface area contributed by atoms with Gasteiger partial charge in [0, 0.05) is 27.4 Å². The normalized spacial score (nSPS) is 15.5. The van der Waals surface area contributed by atoms with Gasteiger partial charge in [-0.2, -0.15) is 0 Å². The van der Waals surface area contributed by atoms with E-state index in [1.165, 1.54) is 33.2 Å². The van der Waals surface area contributed by atoms with E-state index in [4.69, 9.17) is 11.6 Å². The van der Waals surface area contributed by atoms with Crippen LogP contribution in [0.4, 0.5) is 0 Å². The average Bonchev–Trinajstić information content (AvgIpc) is 3.16. The first-order valence-electron chi connectivity index (χ1n) is 11.2. The van der Waals surface area contributed by atoms with Gasteiger partial charge in [-0.3, -0.25) is 0 Å². The van der Waals surface area contributed by atoms with Crippen LogP contribution >= 0.6 is 11.6 Å². The molecule has 0 saturated carbocycles. The maximum atomic E-state index is 6.24. The monoisotopic (exact) mass is 443 g/mol. The molecule has 2 heteroatoms. The Bertz CT molecular complexity index is 1490. The lowest BCUT2D eigenvalue weighted by atomic mass is 9.87. The molecule has 5 aromatic rings. The standard InChI is InChI=1S/C31H22ClN/c32-25-17-15-23(16-18-25)28-20-24(21-9-3-1-4-10-21)19-27(22-11-5-2-6-12-22)30-26-13-7-8-14-29(26)33-31(28)30/h1-20,27,33H/t27-/m0/s1. The van der Waals surface area contributed by atoms with Crippen molar-refractivity contribution in [2.24, 2.45) is 0 Å². The van der Waals surface area contributed by atoms with Crippen LogP contribution in [0.1, 0.15) is 33.9 Å². The topological polar surface area (TPSA) is 15.8 Å². The first-order valence-corrected chi connectivity index (χ1v) is 11.6. The fourth-order valence-corrected chi connectivity index (χ4v) is 4.95. The van der Waals surface area contributed by atoms with Crippen molar-refractivity contribution in [1.29, 1.82) is 0 Å². The Labute approximate surface area is 198 Å². The van der Waals surface area contributed by atoms with Gasteiger partial charge in [0.25, 0.3) is 0 Å². The molecule has 1 aliphatic carbocycles. The third kappa shape index (κ3) is 3.61. The molecule has 1 nitrogen and oxygen atoms in total. The number of para-hydroxylation sites is 1. The third-order valence-electron chi connectivity index (χ3n) is 6.39. The smallest absolute Gasteiger partial charge is 0.0513 e. The highest BCUT2D eigenvalue weighted by Crippen LogP contribution is 2.44. The fourth-order valence-electron chi connectivity index (χ4n) is 4.83. The van der Waals surface area contributed by atoms with Crippen molar-refractivity contribution < 1.29 is 0 Å². The van der Waals surface area contributed by atoms with E-state index >= 15 is 0 Å². The van der Waals surface area contributed by atoms with Crippen LogP contribution in [-0.2, 0) is 0 Å². The van der Waals surface area contributed by atoms with Gasteiger partial charge in [0.05, 0.1) is 5.69 Å². The molecule has 0 saturated heterocycles. The third-order valence-corrected chi connectivity index (χ3v) is 6.65. The number of fused-ring (bicyclic) bond motifs is 3. The lowest BCUT2D eigenvalue weighted by Gasteiger charge is -2.16. The number of aromatic nitrogens is 1. The van der Waals surface area contributed by atoms with Gasteiger partial charge in [0.1, 0.15) is 0 Å². The summed E-state index contributed by atoms with van der Waals surface area (Å²) >= 11 is 6.24.